The fourth-order valence-corrected chi connectivity index (χ4v) is 4.82. The Hall–Kier alpha value is -0.780. The van der Waals surface area contributed by atoms with Crippen LogP contribution in [0.1, 0.15) is 48.5 Å². The Labute approximate surface area is 161 Å². The summed E-state index contributed by atoms with van der Waals surface area (Å²) in [5.74, 6) is 2.02. The van der Waals surface area contributed by atoms with Crippen LogP contribution < -0.4 is 4.74 Å². The number of benzene rings is 1. The van der Waals surface area contributed by atoms with E-state index in [0.717, 1.165) is 27.9 Å². The Kier molecular flexibility index (Phi) is 7.18. The molecule has 2 rings (SSSR count). The molecular formula is C20H32N2OS2. The summed E-state index contributed by atoms with van der Waals surface area (Å²) in [5, 5.41) is 0. The van der Waals surface area contributed by atoms with Crippen molar-refractivity contribution in [2.75, 3.05) is 18.9 Å². The van der Waals surface area contributed by atoms with Crippen molar-refractivity contribution in [2.24, 2.45) is 5.41 Å². The number of ether oxygens (including phenoxy) is 1. The lowest BCUT2D eigenvalue weighted by molar-refractivity contribution is 0.142. The predicted octanol–water partition coefficient (Wildman–Crippen LogP) is 5.93. The van der Waals surface area contributed by atoms with Gasteiger partial charge in [0, 0.05) is 24.4 Å². The minimum Gasteiger partial charge on any atom is -0.492 e. The van der Waals surface area contributed by atoms with Gasteiger partial charge in [0.1, 0.15) is 12.4 Å². The van der Waals surface area contributed by atoms with Gasteiger partial charge >= 0.3 is 0 Å². The molecule has 0 aliphatic heterocycles. The Morgan fingerprint density at radius 1 is 1.16 bits per heavy atom. The lowest BCUT2D eigenvalue weighted by Crippen LogP contribution is -2.39. The third kappa shape index (κ3) is 6.46. The summed E-state index contributed by atoms with van der Waals surface area (Å²) in [5.41, 5.74) is 1.38. The van der Waals surface area contributed by atoms with Gasteiger partial charge in [-0.15, -0.1) is 11.3 Å². The number of aromatic nitrogens is 1. The third-order valence-corrected chi connectivity index (χ3v) is 6.68. The van der Waals surface area contributed by atoms with E-state index in [-0.39, 0.29) is 0 Å². The third-order valence-electron chi connectivity index (χ3n) is 3.91. The predicted molar refractivity (Wildman–Crippen MR) is 112 cm³/mol. The molecule has 0 saturated carbocycles. The maximum atomic E-state index is 6.00. The van der Waals surface area contributed by atoms with E-state index >= 15 is 0 Å². The van der Waals surface area contributed by atoms with Crippen LogP contribution in [0.4, 0.5) is 0 Å². The highest BCUT2D eigenvalue weighted by atomic mass is 32.2. The molecule has 140 valence electrons. The summed E-state index contributed by atoms with van der Waals surface area (Å²) < 4.78 is 8.35. The molecular weight excluding hydrogens is 348 g/mol. The van der Waals surface area contributed by atoms with Gasteiger partial charge in [-0.05, 0) is 51.3 Å². The Balaban J connectivity index is 1.96. The minimum absolute atomic E-state index is 0.315. The van der Waals surface area contributed by atoms with Crippen molar-refractivity contribution in [2.45, 2.75) is 64.9 Å². The van der Waals surface area contributed by atoms with E-state index in [9.17, 15) is 0 Å². The molecule has 0 N–H and O–H groups in total. The summed E-state index contributed by atoms with van der Waals surface area (Å²) in [7, 11) is 0. The van der Waals surface area contributed by atoms with Crippen molar-refractivity contribution in [3.8, 4) is 5.75 Å². The lowest BCUT2D eigenvalue weighted by Gasteiger charge is -2.30. The van der Waals surface area contributed by atoms with E-state index < -0.39 is 0 Å². The van der Waals surface area contributed by atoms with Crippen molar-refractivity contribution in [1.82, 2.24) is 9.88 Å². The van der Waals surface area contributed by atoms with Gasteiger partial charge in [-0.25, -0.2) is 4.98 Å². The second-order valence-electron chi connectivity index (χ2n) is 8.23. The highest BCUT2D eigenvalue weighted by molar-refractivity contribution is 8.01. The molecule has 1 aromatic carbocycles. The maximum Gasteiger partial charge on any atom is 0.151 e. The van der Waals surface area contributed by atoms with Gasteiger partial charge < -0.3 is 4.74 Å². The molecule has 0 fully saturated rings. The topological polar surface area (TPSA) is 25.4 Å². The molecule has 2 aromatic rings. The van der Waals surface area contributed by atoms with Crippen LogP contribution in [0.3, 0.4) is 0 Å². The van der Waals surface area contributed by atoms with Crippen LogP contribution >= 0.6 is 23.1 Å². The fraction of sp³-hybridized carbons (Fsp3) is 0.650. The smallest absolute Gasteiger partial charge is 0.151 e. The first kappa shape index (κ1) is 20.5. The van der Waals surface area contributed by atoms with Crippen molar-refractivity contribution in [1.29, 1.82) is 0 Å². The van der Waals surface area contributed by atoms with Crippen LogP contribution in [0.15, 0.2) is 22.5 Å². The van der Waals surface area contributed by atoms with Crippen LogP contribution in [0.25, 0.3) is 10.2 Å². The van der Waals surface area contributed by atoms with Gasteiger partial charge in [0.25, 0.3) is 0 Å². The number of hydrogen-bond donors (Lipinski definition) is 0. The molecule has 0 aliphatic rings. The number of nitrogens with zero attached hydrogens (tertiary/aromatic N) is 2. The molecule has 0 unspecified atom stereocenters. The molecule has 0 radical (unpaired) electrons. The first-order valence-corrected chi connectivity index (χ1v) is 10.9. The number of rotatable bonds is 8. The van der Waals surface area contributed by atoms with Crippen LogP contribution in [0.2, 0.25) is 0 Å². The molecule has 0 spiro atoms. The van der Waals surface area contributed by atoms with Crippen LogP contribution in [-0.2, 0) is 0 Å². The van der Waals surface area contributed by atoms with E-state index in [4.69, 9.17) is 9.72 Å². The van der Waals surface area contributed by atoms with Crippen LogP contribution in [-0.4, -0.2) is 40.9 Å². The van der Waals surface area contributed by atoms with E-state index in [1.54, 1.807) is 11.3 Å². The highest BCUT2D eigenvalue weighted by Gasteiger charge is 2.14. The average molecular weight is 381 g/mol. The molecule has 0 saturated heterocycles. The largest absolute Gasteiger partial charge is 0.492 e. The summed E-state index contributed by atoms with van der Waals surface area (Å²) >= 11 is 3.61. The normalized spacial score (nSPS) is 12.7. The summed E-state index contributed by atoms with van der Waals surface area (Å²) in [6.45, 7) is 17.4. The number of thioether (sulfide) groups is 1. The van der Waals surface area contributed by atoms with Gasteiger partial charge in [-0.1, -0.05) is 32.5 Å². The first-order valence-electron chi connectivity index (χ1n) is 9.07. The van der Waals surface area contributed by atoms with Gasteiger partial charge in [0.05, 0.1) is 10.2 Å². The SMILES string of the molecule is CC(C)N(CCOc1ccc2nc(SCC(C)(C)C)sc2c1)C(C)C. The number of fused-ring (bicyclic) bond motifs is 1. The molecule has 3 nitrogen and oxygen atoms in total. The van der Waals surface area contributed by atoms with Crippen molar-refractivity contribution >= 4 is 33.3 Å². The second-order valence-corrected chi connectivity index (χ2v) is 10.5. The summed E-state index contributed by atoms with van der Waals surface area (Å²) in [6.07, 6.45) is 0. The van der Waals surface area contributed by atoms with Gasteiger partial charge in [-0.2, -0.15) is 0 Å². The molecule has 5 heteroatoms. The van der Waals surface area contributed by atoms with E-state index in [1.807, 2.05) is 17.8 Å². The average Bonchev–Trinajstić information content (AvgIpc) is 2.90. The van der Waals surface area contributed by atoms with Crippen LogP contribution in [0.5, 0.6) is 5.75 Å². The standard InChI is InChI=1S/C20H32N2OS2/c1-14(2)22(15(3)4)10-11-23-16-8-9-17-18(12-16)25-19(21-17)24-13-20(5,6)7/h8-9,12,14-15H,10-11,13H2,1-7H3. The Morgan fingerprint density at radius 3 is 2.44 bits per heavy atom. The van der Waals surface area contributed by atoms with Crippen LogP contribution in [0, 0.1) is 5.41 Å². The zero-order chi connectivity index (χ0) is 18.6. The quantitative estimate of drug-likeness (QED) is 0.530. The molecule has 25 heavy (non-hydrogen) atoms. The van der Waals surface area contributed by atoms with Crippen molar-refractivity contribution < 1.29 is 4.74 Å². The second kappa shape index (κ2) is 8.74. The Morgan fingerprint density at radius 2 is 1.84 bits per heavy atom. The molecule has 1 aromatic heterocycles. The molecule has 1 heterocycles. The molecule has 0 atom stereocenters. The number of thiazole rings is 1. The fourth-order valence-electron chi connectivity index (χ4n) is 2.70. The van der Waals surface area contributed by atoms with Crippen molar-refractivity contribution in [3.05, 3.63) is 18.2 Å². The minimum atomic E-state index is 0.315. The molecule has 0 aliphatic carbocycles. The molecule has 0 bridgehead atoms. The summed E-state index contributed by atoms with van der Waals surface area (Å²) in [6, 6.07) is 7.31. The van der Waals surface area contributed by atoms with E-state index in [1.165, 1.54) is 4.70 Å². The first-order chi connectivity index (χ1) is 11.7. The molecule has 0 amide bonds. The van der Waals surface area contributed by atoms with Crippen molar-refractivity contribution in [3.63, 3.8) is 0 Å². The number of hydrogen-bond acceptors (Lipinski definition) is 5. The van der Waals surface area contributed by atoms with E-state index in [0.29, 0.717) is 24.1 Å². The van der Waals surface area contributed by atoms with E-state index in [2.05, 4.69) is 65.5 Å². The van der Waals surface area contributed by atoms with Gasteiger partial charge in [0.2, 0.25) is 0 Å². The summed E-state index contributed by atoms with van der Waals surface area (Å²) in [4.78, 5) is 7.18. The zero-order valence-corrected chi connectivity index (χ0v) is 18.3. The van der Waals surface area contributed by atoms with Gasteiger partial charge in [0.15, 0.2) is 4.34 Å². The maximum absolute atomic E-state index is 6.00. The lowest BCUT2D eigenvalue weighted by atomic mass is 10.0. The van der Waals surface area contributed by atoms with Gasteiger partial charge in [-0.3, -0.25) is 4.90 Å². The Bertz CT molecular complexity index is 666. The zero-order valence-electron chi connectivity index (χ0n) is 16.6. The monoisotopic (exact) mass is 380 g/mol. The highest BCUT2D eigenvalue weighted by Crippen LogP contribution is 2.34.